The van der Waals surface area contributed by atoms with E-state index in [2.05, 4.69) is 26.1 Å². The second-order valence-electron chi connectivity index (χ2n) is 5.43. The minimum Gasteiger partial charge on any atom is -0.393 e. The Kier molecular flexibility index (Phi) is 4.60. The number of aromatic nitrogens is 2. The summed E-state index contributed by atoms with van der Waals surface area (Å²) in [7, 11) is 0. The Labute approximate surface area is 127 Å². The molecule has 0 fully saturated rings. The van der Waals surface area contributed by atoms with E-state index in [-0.39, 0.29) is 11.8 Å². The van der Waals surface area contributed by atoms with Gasteiger partial charge in [0.25, 0.3) is 0 Å². The number of halogens is 1. The first-order chi connectivity index (χ1) is 9.40. The molecular weight excluding hydrogens is 320 g/mol. The molecule has 0 saturated carbocycles. The molecule has 0 amide bonds. The third kappa shape index (κ3) is 3.10. The molecule has 1 aromatic carbocycles. The van der Waals surface area contributed by atoms with Crippen molar-refractivity contribution in [2.75, 3.05) is 0 Å². The summed E-state index contributed by atoms with van der Waals surface area (Å²) < 4.78 is 6.35. The number of aryl methyl sites for hydroxylation is 1. The SMILES string of the molecule is Cc1ccc(-c2noc(C(C(C)C)C(C)O)n2)cc1Br. The molecule has 2 atom stereocenters. The first kappa shape index (κ1) is 15.2. The van der Waals surface area contributed by atoms with Gasteiger partial charge in [0.05, 0.1) is 12.0 Å². The zero-order valence-corrected chi connectivity index (χ0v) is 13.7. The summed E-state index contributed by atoms with van der Waals surface area (Å²) in [5.74, 6) is 1.12. The highest BCUT2D eigenvalue weighted by molar-refractivity contribution is 9.10. The Balaban J connectivity index is 2.34. The van der Waals surface area contributed by atoms with Crippen LogP contribution in [0.3, 0.4) is 0 Å². The van der Waals surface area contributed by atoms with Crippen LogP contribution < -0.4 is 0 Å². The minimum absolute atomic E-state index is 0.148. The van der Waals surface area contributed by atoms with E-state index in [1.165, 1.54) is 0 Å². The molecule has 0 radical (unpaired) electrons. The first-order valence-electron chi connectivity index (χ1n) is 6.68. The van der Waals surface area contributed by atoms with E-state index in [0.29, 0.717) is 11.7 Å². The van der Waals surface area contributed by atoms with Gasteiger partial charge in [-0.25, -0.2) is 0 Å². The molecule has 2 rings (SSSR count). The van der Waals surface area contributed by atoms with Crippen LogP contribution in [0.25, 0.3) is 11.4 Å². The number of nitrogens with zero attached hydrogens (tertiary/aromatic N) is 2. The topological polar surface area (TPSA) is 59.2 Å². The number of aliphatic hydroxyl groups excluding tert-OH is 1. The van der Waals surface area contributed by atoms with Crippen LogP contribution in [0.4, 0.5) is 0 Å². The maximum Gasteiger partial charge on any atom is 0.232 e. The molecule has 0 aliphatic heterocycles. The Bertz CT molecular complexity index is 585. The lowest BCUT2D eigenvalue weighted by Gasteiger charge is -2.19. The van der Waals surface area contributed by atoms with Crippen LogP contribution >= 0.6 is 15.9 Å². The summed E-state index contributed by atoms with van der Waals surface area (Å²) >= 11 is 3.50. The second kappa shape index (κ2) is 6.06. The van der Waals surface area contributed by atoms with Crippen LogP contribution in [0.1, 0.15) is 38.1 Å². The first-order valence-corrected chi connectivity index (χ1v) is 7.47. The van der Waals surface area contributed by atoms with Gasteiger partial charge in [0.15, 0.2) is 0 Å². The minimum atomic E-state index is -0.520. The number of aliphatic hydroxyl groups is 1. The van der Waals surface area contributed by atoms with E-state index >= 15 is 0 Å². The quantitative estimate of drug-likeness (QED) is 0.917. The smallest absolute Gasteiger partial charge is 0.232 e. The number of hydrogen-bond donors (Lipinski definition) is 1. The van der Waals surface area contributed by atoms with Crippen molar-refractivity contribution in [1.29, 1.82) is 0 Å². The molecule has 20 heavy (non-hydrogen) atoms. The van der Waals surface area contributed by atoms with E-state index in [4.69, 9.17) is 4.52 Å². The third-order valence-electron chi connectivity index (χ3n) is 3.39. The zero-order chi connectivity index (χ0) is 14.9. The summed E-state index contributed by atoms with van der Waals surface area (Å²) in [4.78, 5) is 4.44. The zero-order valence-electron chi connectivity index (χ0n) is 12.1. The van der Waals surface area contributed by atoms with Gasteiger partial charge < -0.3 is 9.63 Å². The number of rotatable bonds is 4. The average molecular weight is 339 g/mol. The van der Waals surface area contributed by atoms with Gasteiger partial charge in [-0.15, -0.1) is 0 Å². The van der Waals surface area contributed by atoms with E-state index in [9.17, 15) is 5.11 Å². The van der Waals surface area contributed by atoms with Crippen molar-refractivity contribution in [1.82, 2.24) is 10.1 Å². The van der Waals surface area contributed by atoms with Gasteiger partial charge in [-0.05, 0) is 31.4 Å². The Morgan fingerprint density at radius 1 is 1.25 bits per heavy atom. The molecule has 1 N–H and O–H groups in total. The molecule has 2 unspecified atom stereocenters. The van der Waals surface area contributed by atoms with Gasteiger partial charge in [-0.3, -0.25) is 0 Å². The van der Waals surface area contributed by atoms with Crippen LogP contribution in [0, 0.1) is 12.8 Å². The highest BCUT2D eigenvalue weighted by Crippen LogP contribution is 2.29. The van der Waals surface area contributed by atoms with Crippen molar-refractivity contribution in [3.63, 3.8) is 0 Å². The second-order valence-corrected chi connectivity index (χ2v) is 6.28. The van der Waals surface area contributed by atoms with Gasteiger partial charge in [0.1, 0.15) is 0 Å². The predicted molar refractivity (Wildman–Crippen MR) is 81.4 cm³/mol. The Morgan fingerprint density at radius 2 is 1.95 bits per heavy atom. The molecule has 0 aliphatic carbocycles. The van der Waals surface area contributed by atoms with Crippen molar-refractivity contribution >= 4 is 15.9 Å². The van der Waals surface area contributed by atoms with Gasteiger partial charge >= 0.3 is 0 Å². The molecule has 4 nitrogen and oxygen atoms in total. The van der Waals surface area contributed by atoms with E-state index in [1.807, 2.05) is 39.0 Å². The lowest BCUT2D eigenvalue weighted by molar-refractivity contribution is 0.120. The molecule has 0 spiro atoms. The van der Waals surface area contributed by atoms with E-state index < -0.39 is 6.10 Å². The van der Waals surface area contributed by atoms with Crippen molar-refractivity contribution in [3.05, 3.63) is 34.1 Å². The molecule has 108 valence electrons. The normalized spacial score (nSPS) is 14.6. The number of benzene rings is 1. The van der Waals surface area contributed by atoms with E-state index in [0.717, 1.165) is 15.6 Å². The summed E-state index contributed by atoms with van der Waals surface area (Å²) in [5, 5.41) is 13.9. The van der Waals surface area contributed by atoms with Crippen molar-refractivity contribution in [2.45, 2.75) is 39.7 Å². The average Bonchev–Trinajstić information content (AvgIpc) is 2.81. The van der Waals surface area contributed by atoms with Crippen molar-refractivity contribution < 1.29 is 9.63 Å². The fourth-order valence-corrected chi connectivity index (χ4v) is 2.65. The molecule has 1 aromatic heterocycles. The predicted octanol–water partition coefficient (Wildman–Crippen LogP) is 3.93. The maximum atomic E-state index is 9.86. The summed E-state index contributed by atoms with van der Waals surface area (Å²) in [6.45, 7) is 7.84. The third-order valence-corrected chi connectivity index (χ3v) is 4.25. The summed E-state index contributed by atoms with van der Waals surface area (Å²) in [6, 6.07) is 5.93. The van der Waals surface area contributed by atoms with Crippen LogP contribution in [-0.2, 0) is 0 Å². The highest BCUT2D eigenvalue weighted by Gasteiger charge is 2.27. The van der Waals surface area contributed by atoms with Crippen LogP contribution in [0.2, 0.25) is 0 Å². The Hall–Kier alpha value is -1.20. The fourth-order valence-electron chi connectivity index (χ4n) is 2.27. The molecule has 0 aliphatic rings. The molecule has 1 heterocycles. The largest absolute Gasteiger partial charge is 0.393 e. The van der Waals surface area contributed by atoms with Crippen LogP contribution in [0.15, 0.2) is 27.2 Å². The monoisotopic (exact) mass is 338 g/mol. The van der Waals surface area contributed by atoms with Gasteiger partial charge in [-0.2, -0.15) is 4.98 Å². The van der Waals surface area contributed by atoms with Crippen LogP contribution in [-0.4, -0.2) is 21.4 Å². The molecule has 2 aromatic rings. The maximum absolute atomic E-state index is 9.86. The van der Waals surface area contributed by atoms with Crippen molar-refractivity contribution in [3.8, 4) is 11.4 Å². The lowest BCUT2D eigenvalue weighted by atomic mass is 9.91. The Morgan fingerprint density at radius 3 is 2.50 bits per heavy atom. The molecule has 5 heteroatoms. The van der Waals surface area contributed by atoms with Crippen molar-refractivity contribution in [2.24, 2.45) is 5.92 Å². The summed E-state index contributed by atoms with van der Waals surface area (Å²) in [6.07, 6.45) is -0.520. The van der Waals surface area contributed by atoms with E-state index in [1.54, 1.807) is 6.92 Å². The lowest BCUT2D eigenvalue weighted by Crippen LogP contribution is -2.20. The molecular formula is C15H19BrN2O2. The van der Waals surface area contributed by atoms with Crippen LogP contribution in [0.5, 0.6) is 0 Å². The fraction of sp³-hybridized carbons (Fsp3) is 0.467. The highest BCUT2D eigenvalue weighted by atomic mass is 79.9. The number of hydrogen-bond acceptors (Lipinski definition) is 4. The molecule has 0 bridgehead atoms. The standard InChI is InChI=1S/C15H19BrN2O2/c1-8(2)13(10(4)19)15-17-14(18-20-15)11-6-5-9(3)12(16)7-11/h5-8,10,13,19H,1-4H3. The van der Waals surface area contributed by atoms with Gasteiger partial charge in [-0.1, -0.05) is 47.1 Å². The van der Waals surface area contributed by atoms with Gasteiger partial charge in [0, 0.05) is 10.0 Å². The summed E-state index contributed by atoms with van der Waals surface area (Å²) in [5.41, 5.74) is 2.05. The molecule has 0 saturated heterocycles. The van der Waals surface area contributed by atoms with Gasteiger partial charge in [0.2, 0.25) is 11.7 Å².